The van der Waals surface area contributed by atoms with Crippen molar-refractivity contribution in [2.75, 3.05) is 0 Å². The van der Waals surface area contributed by atoms with Crippen LogP contribution in [0.2, 0.25) is 0 Å². The van der Waals surface area contributed by atoms with Gasteiger partial charge in [0, 0.05) is 0 Å². The Morgan fingerprint density at radius 1 is 1.00 bits per heavy atom. The summed E-state index contributed by atoms with van der Waals surface area (Å²) in [5, 5.41) is 0. The predicted octanol–water partition coefficient (Wildman–Crippen LogP) is 3.26. The van der Waals surface area contributed by atoms with Crippen LogP contribution in [0.3, 0.4) is 0 Å². The second-order valence-electron chi connectivity index (χ2n) is 3.81. The number of aryl methyl sites for hydroxylation is 1. The van der Waals surface area contributed by atoms with Gasteiger partial charge in [-0.2, -0.15) is 0 Å². The molecule has 0 N–H and O–H groups in total. The summed E-state index contributed by atoms with van der Waals surface area (Å²) in [6.07, 6.45) is 0. The van der Waals surface area contributed by atoms with Gasteiger partial charge in [-0.15, -0.1) is 0 Å². The van der Waals surface area contributed by atoms with Gasteiger partial charge in [-0.25, -0.2) is 0 Å². The Balaban J connectivity index is 2.42. The van der Waals surface area contributed by atoms with Gasteiger partial charge in [0.1, 0.15) is 0 Å². The molecule has 0 fully saturated rings. The molecule has 1 nitrogen and oxygen atoms in total. The minimum atomic E-state index is 0.570. The number of benzene rings is 2. The Morgan fingerprint density at radius 3 is 2.38 bits per heavy atom. The molecule has 0 atom stereocenters. The first kappa shape index (κ1) is 11.1. The maximum absolute atomic E-state index is 5.02. The van der Waals surface area contributed by atoms with E-state index in [-0.39, 0.29) is 0 Å². The summed E-state index contributed by atoms with van der Waals surface area (Å²) in [5.74, 6) is 0. The molecule has 0 saturated carbocycles. The van der Waals surface area contributed by atoms with E-state index < -0.39 is 0 Å². The number of rotatable bonds is 3. The third-order valence-corrected chi connectivity index (χ3v) is 2.75. The van der Waals surface area contributed by atoms with Gasteiger partial charge in [0.2, 0.25) is 10.5 Å². The van der Waals surface area contributed by atoms with Crippen molar-refractivity contribution >= 4 is 10.5 Å². The van der Waals surface area contributed by atoms with Crippen LogP contribution in [0.5, 0.6) is 0 Å². The lowest BCUT2D eigenvalue weighted by molar-refractivity contribution is 0.339. The third-order valence-electron chi connectivity index (χ3n) is 2.61. The Kier molecular flexibility index (Phi) is 3.54. The highest BCUT2D eigenvalue weighted by Crippen LogP contribution is 2.24. The molecule has 0 bridgehead atoms. The standard InChI is InChI=1S/C14H13OSi/c1-11-6-8-12(9-7-11)14-5-3-2-4-13(14)10-15-16/h2-9H,10H2,1H3. The molecule has 3 radical (unpaired) electrons. The first-order valence-corrected chi connectivity index (χ1v) is 5.65. The van der Waals surface area contributed by atoms with Gasteiger partial charge in [-0.1, -0.05) is 54.1 Å². The summed E-state index contributed by atoms with van der Waals surface area (Å²) in [6, 6.07) is 16.8. The van der Waals surface area contributed by atoms with Crippen molar-refractivity contribution in [3.05, 3.63) is 59.7 Å². The molecule has 2 rings (SSSR count). The van der Waals surface area contributed by atoms with Crippen molar-refractivity contribution in [1.29, 1.82) is 0 Å². The highest BCUT2D eigenvalue weighted by atomic mass is 28.2. The average Bonchev–Trinajstić information content (AvgIpc) is 2.32. The molecule has 0 amide bonds. The summed E-state index contributed by atoms with van der Waals surface area (Å²) in [4.78, 5) is 0. The molecule has 0 spiro atoms. The predicted molar refractivity (Wildman–Crippen MR) is 67.2 cm³/mol. The lowest BCUT2D eigenvalue weighted by Gasteiger charge is -2.09. The molecule has 16 heavy (non-hydrogen) atoms. The van der Waals surface area contributed by atoms with Crippen LogP contribution in [0.25, 0.3) is 11.1 Å². The molecule has 2 heteroatoms. The quantitative estimate of drug-likeness (QED) is 0.729. The molecular weight excluding hydrogens is 212 g/mol. The Hall–Kier alpha value is -1.38. The summed E-state index contributed by atoms with van der Waals surface area (Å²) < 4.78 is 5.02. The SMILES string of the molecule is Cc1ccc(-c2ccccc2CO[Si])cc1. The minimum Gasteiger partial charge on any atom is -0.414 e. The second-order valence-corrected chi connectivity index (χ2v) is 4.10. The minimum absolute atomic E-state index is 0.570. The van der Waals surface area contributed by atoms with Crippen molar-refractivity contribution < 1.29 is 4.43 Å². The molecule has 0 aliphatic heterocycles. The van der Waals surface area contributed by atoms with E-state index in [2.05, 4.69) is 53.8 Å². The van der Waals surface area contributed by atoms with Gasteiger partial charge in [-0.3, -0.25) is 0 Å². The molecule has 0 aliphatic rings. The fourth-order valence-electron chi connectivity index (χ4n) is 1.74. The van der Waals surface area contributed by atoms with Crippen LogP contribution >= 0.6 is 0 Å². The van der Waals surface area contributed by atoms with Crippen molar-refractivity contribution in [2.45, 2.75) is 13.5 Å². The Morgan fingerprint density at radius 2 is 1.69 bits per heavy atom. The molecule has 0 aliphatic carbocycles. The molecule has 0 heterocycles. The van der Waals surface area contributed by atoms with Crippen LogP contribution in [0.15, 0.2) is 48.5 Å². The monoisotopic (exact) mass is 225 g/mol. The van der Waals surface area contributed by atoms with E-state index in [0.29, 0.717) is 6.61 Å². The Labute approximate surface area is 99.6 Å². The fraction of sp³-hybridized carbons (Fsp3) is 0.143. The van der Waals surface area contributed by atoms with Crippen molar-refractivity contribution in [1.82, 2.24) is 0 Å². The third kappa shape index (κ3) is 2.40. The molecular formula is C14H13OSi. The number of hydrogen-bond donors (Lipinski definition) is 0. The molecule has 79 valence electrons. The van der Waals surface area contributed by atoms with E-state index in [1.165, 1.54) is 22.3 Å². The largest absolute Gasteiger partial charge is 0.414 e. The normalized spacial score (nSPS) is 10.4. The zero-order chi connectivity index (χ0) is 11.4. The summed E-state index contributed by atoms with van der Waals surface area (Å²) in [7, 11) is 3.05. The molecule has 2 aromatic carbocycles. The maximum atomic E-state index is 5.02. The zero-order valence-electron chi connectivity index (χ0n) is 9.23. The van der Waals surface area contributed by atoms with Gasteiger partial charge < -0.3 is 4.43 Å². The van der Waals surface area contributed by atoms with E-state index in [9.17, 15) is 0 Å². The van der Waals surface area contributed by atoms with Crippen molar-refractivity contribution in [3.8, 4) is 11.1 Å². The lowest BCUT2D eigenvalue weighted by Crippen LogP contribution is -1.92. The van der Waals surface area contributed by atoms with Crippen LogP contribution < -0.4 is 0 Å². The van der Waals surface area contributed by atoms with E-state index in [0.717, 1.165) is 0 Å². The fourth-order valence-corrected chi connectivity index (χ4v) is 1.89. The number of hydrogen-bond acceptors (Lipinski definition) is 1. The van der Waals surface area contributed by atoms with Gasteiger partial charge in [0.15, 0.2) is 0 Å². The van der Waals surface area contributed by atoms with Crippen LogP contribution in [-0.4, -0.2) is 10.5 Å². The first-order valence-electron chi connectivity index (χ1n) is 5.25. The maximum Gasteiger partial charge on any atom is 0.246 e. The average molecular weight is 225 g/mol. The van der Waals surface area contributed by atoms with Crippen molar-refractivity contribution in [3.63, 3.8) is 0 Å². The van der Waals surface area contributed by atoms with Crippen LogP contribution in [-0.2, 0) is 11.0 Å². The first-order chi connectivity index (χ1) is 7.81. The second kappa shape index (κ2) is 5.10. The Bertz CT molecular complexity index is 462. The smallest absolute Gasteiger partial charge is 0.246 e. The highest BCUT2D eigenvalue weighted by molar-refractivity contribution is 5.98. The van der Waals surface area contributed by atoms with Gasteiger partial charge >= 0.3 is 0 Å². The molecule has 0 unspecified atom stereocenters. The van der Waals surface area contributed by atoms with Gasteiger partial charge in [0.05, 0.1) is 6.61 Å². The summed E-state index contributed by atoms with van der Waals surface area (Å²) >= 11 is 0. The molecule has 0 aromatic heterocycles. The van der Waals surface area contributed by atoms with Crippen molar-refractivity contribution in [2.24, 2.45) is 0 Å². The van der Waals surface area contributed by atoms with Crippen LogP contribution in [0.4, 0.5) is 0 Å². The van der Waals surface area contributed by atoms with E-state index in [1.807, 2.05) is 12.1 Å². The topological polar surface area (TPSA) is 9.23 Å². The lowest BCUT2D eigenvalue weighted by atomic mass is 9.99. The summed E-state index contributed by atoms with van der Waals surface area (Å²) in [5.41, 5.74) is 4.91. The van der Waals surface area contributed by atoms with E-state index in [4.69, 9.17) is 4.43 Å². The molecule has 0 saturated heterocycles. The highest BCUT2D eigenvalue weighted by Gasteiger charge is 2.03. The van der Waals surface area contributed by atoms with Gasteiger partial charge in [-0.05, 0) is 23.6 Å². The van der Waals surface area contributed by atoms with E-state index >= 15 is 0 Å². The van der Waals surface area contributed by atoms with Crippen LogP contribution in [0.1, 0.15) is 11.1 Å². The zero-order valence-corrected chi connectivity index (χ0v) is 10.2. The van der Waals surface area contributed by atoms with E-state index in [1.54, 1.807) is 0 Å². The molecule has 2 aromatic rings. The summed E-state index contributed by atoms with van der Waals surface area (Å²) in [6.45, 7) is 2.66. The van der Waals surface area contributed by atoms with Crippen LogP contribution in [0, 0.1) is 6.92 Å². The van der Waals surface area contributed by atoms with Gasteiger partial charge in [0.25, 0.3) is 0 Å².